The summed E-state index contributed by atoms with van der Waals surface area (Å²) in [6, 6.07) is 0. The molecule has 0 heterocycles. The number of rotatable bonds is 7. The van der Waals surface area contributed by atoms with E-state index in [1.54, 1.807) is 0 Å². The maximum atomic E-state index is 10.8. The van der Waals surface area contributed by atoms with Gasteiger partial charge >= 0.3 is 74.5 Å². The normalized spacial score (nSPS) is 13.6. The number of hydrogen-bond donors (Lipinski definition) is 0. The summed E-state index contributed by atoms with van der Waals surface area (Å²) in [5, 5.41) is 0. The summed E-state index contributed by atoms with van der Waals surface area (Å²) in [5.74, 6) is 0. The molecule has 0 N–H and O–H groups in total. The summed E-state index contributed by atoms with van der Waals surface area (Å²) in [6.45, 7) is 6.85. The maximum absolute atomic E-state index is 10.8. The van der Waals surface area contributed by atoms with Crippen LogP contribution in [0.3, 0.4) is 0 Å². The van der Waals surface area contributed by atoms with E-state index in [1.165, 1.54) is 0 Å². The zero-order chi connectivity index (χ0) is 9.45. The fourth-order valence-corrected chi connectivity index (χ4v) is 3.89. The Morgan fingerprint density at radius 3 is 1.50 bits per heavy atom. The van der Waals surface area contributed by atoms with Gasteiger partial charge in [0, 0.05) is 0 Å². The van der Waals surface area contributed by atoms with Crippen molar-refractivity contribution in [3.63, 3.8) is 0 Å². The first-order valence-corrected chi connectivity index (χ1v) is 7.38. The van der Waals surface area contributed by atoms with E-state index in [1.807, 2.05) is 20.8 Å². The molecule has 0 fully saturated rings. The van der Waals surface area contributed by atoms with Crippen molar-refractivity contribution in [3.8, 4) is 0 Å². The predicted molar refractivity (Wildman–Crippen MR) is 50.8 cm³/mol. The van der Waals surface area contributed by atoms with Crippen molar-refractivity contribution in [2.24, 2.45) is 0 Å². The van der Waals surface area contributed by atoms with Crippen LogP contribution in [-0.2, 0) is 18.1 Å². The summed E-state index contributed by atoms with van der Waals surface area (Å²) in [4.78, 5) is 0. The first kappa shape index (κ1) is 12.4. The molecule has 0 aliphatic carbocycles. The standard InChI is InChI=1S/C6H16O4P2/c1-4-8-12(11-7,9-5-2)10-6-3/h12H,4-6H2,1-3H3. The van der Waals surface area contributed by atoms with Gasteiger partial charge in [-0.05, 0) is 0 Å². The Morgan fingerprint density at radius 1 is 1.00 bits per heavy atom. The van der Waals surface area contributed by atoms with Crippen molar-refractivity contribution in [1.29, 1.82) is 0 Å². The van der Waals surface area contributed by atoms with Crippen molar-refractivity contribution >= 4 is 15.8 Å². The molecule has 0 saturated heterocycles. The zero-order valence-electron chi connectivity index (χ0n) is 7.70. The molecule has 0 radical (unpaired) electrons. The molecule has 0 unspecified atom stereocenters. The predicted octanol–water partition coefficient (Wildman–Crippen LogP) is 2.80. The summed E-state index contributed by atoms with van der Waals surface area (Å²) >= 11 is 0. The molecular formula is C6H16O4P2. The third-order valence-corrected chi connectivity index (χ3v) is 5.11. The molecule has 0 rings (SSSR count). The second-order valence-electron chi connectivity index (χ2n) is 1.91. The van der Waals surface area contributed by atoms with Crippen LogP contribution in [0.25, 0.3) is 0 Å². The van der Waals surface area contributed by atoms with Gasteiger partial charge in [-0.2, -0.15) is 0 Å². The minimum atomic E-state index is -2.85. The van der Waals surface area contributed by atoms with Gasteiger partial charge in [-0.3, -0.25) is 0 Å². The molecule has 6 heteroatoms. The summed E-state index contributed by atoms with van der Waals surface area (Å²) < 4.78 is 26.5. The van der Waals surface area contributed by atoms with E-state index in [-0.39, 0.29) is 8.15 Å². The Labute approximate surface area is 75.3 Å². The van der Waals surface area contributed by atoms with E-state index in [4.69, 9.17) is 13.6 Å². The van der Waals surface area contributed by atoms with Crippen LogP contribution in [0.1, 0.15) is 20.8 Å². The average Bonchev–Trinajstić information content (AvgIpc) is 2.06. The number of hydrogen-bond acceptors (Lipinski definition) is 4. The van der Waals surface area contributed by atoms with E-state index in [0.29, 0.717) is 19.8 Å². The van der Waals surface area contributed by atoms with E-state index in [0.717, 1.165) is 0 Å². The molecule has 4 nitrogen and oxygen atoms in total. The molecule has 0 amide bonds. The van der Waals surface area contributed by atoms with Gasteiger partial charge in [-0.15, -0.1) is 0 Å². The van der Waals surface area contributed by atoms with Gasteiger partial charge in [0.1, 0.15) is 0 Å². The van der Waals surface area contributed by atoms with Gasteiger partial charge in [0.2, 0.25) is 0 Å². The van der Waals surface area contributed by atoms with Crippen molar-refractivity contribution in [3.05, 3.63) is 0 Å². The molecule has 74 valence electrons. The molecule has 0 aromatic heterocycles. The van der Waals surface area contributed by atoms with Crippen LogP contribution in [0.15, 0.2) is 0 Å². The Bertz CT molecular complexity index is 114. The van der Waals surface area contributed by atoms with E-state index < -0.39 is 7.63 Å². The van der Waals surface area contributed by atoms with Crippen LogP contribution in [0.2, 0.25) is 0 Å². The Kier molecular flexibility index (Phi) is 7.11. The topological polar surface area (TPSA) is 44.8 Å². The molecular weight excluding hydrogens is 198 g/mol. The molecule has 0 bridgehead atoms. The van der Waals surface area contributed by atoms with Crippen LogP contribution in [-0.4, -0.2) is 19.8 Å². The van der Waals surface area contributed by atoms with Crippen molar-refractivity contribution in [2.45, 2.75) is 20.8 Å². The van der Waals surface area contributed by atoms with Crippen LogP contribution < -0.4 is 0 Å². The van der Waals surface area contributed by atoms with Gasteiger partial charge in [0.05, 0.1) is 0 Å². The third-order valence-electron chi connectivity index (χ3n) is 1.09. The van der Waals surface area contributed by atoms with Gasteiger partial charge in [-0.25, -0.2) is 0 Å². The fraction of sp³-hybridized carbons (Fsp3) is 1.00. The quantitative estimate of drug-likeness (QED) is 0.611. The van der Waals surface area contributed by atoms with Crippen molar-refractivity contribution < 1.29 is 18.1 Å². The first-order valence-electron chi connectivity index (χ1n) is 4.01. The van der Waals surface area contributed by atoms with Crippen LogP contribution in [0.4, 0.5) is 0 Å². The summed E-state index contributed by atoms with van der Waals surface area (Å²) in [5.41, 5.74) is 0. The van der Waals surface area contributed by atoms with Crippen LogP contribution in [0, 0.1) is 0 Å². The van der Waals surface area contributed by atoms with Gasteiger partial charge in [-0.1, -0.05) is 0 Å². The monoisotopic (exact) mass is 214 g/mol. The van der Waals surface area contributed by atoms with E-state index >= 15 is 0 Å². The molecule has 0 aliphatic heterocycles. The molecule has 0 aromatic rings. The van der Waals surface area contributed by atoms with E-state index in [9.17, 15) is 4.57 Å². The second kappa shape index (κ2) is 6.88. The van der Waals surface area contributed by atoms with Crippen molar-refractivity contribution in [2.75, 3.05) is 19.8 Å². The molecule has 0 atom stereocenters. The van der Waals surface area contributed by atoms with Gasteiger partial charge < -0.3 is 0 Å². The van der Waals surface area contributed by atoms with Crippen molar-refractivity contribution in [1.82, 2.24) is 0 Å². The molecule has 0 saturated carbocycles. The average molecular weight is 214 g/mol. The Morgan fingerprint density at radius 2 is 1.33 bits per heavy atom. The fourth-order valence-electron chi connectivity index (χ4n) is 0.751. The molecule has 0 spiro atoms. The summed E-state index contributed by atoms with van der Waals surface area (Å²) in [6.07, 6.45) is 0. The van der Waals surface area contributed by atoms with Crippen LogP contribution >= 0.6 is 15.8 Å². The Balaban J connectivity index is 4.16. The molecule has 0 aliphatic rings. The Hall–Kier alpha value is 0.410. The SMILES string of the molecule is CCO[PH](OCC)(OCC)P=O. The third kappa shape index (κ3) is 3.88. The first-order chi connectivity index (χ1) is 5.74. The summed E-state index contributed by atoms with van der Waals surface area (Å²) in [7, 11) is -3.02. The molecule has 0 aromatic carbocycles. The van der Waals surface area contributed by atoms with Gasteiger partial charge in [0.25, 0.3) is 0 Å². The van der Waals surface area contributed by atoms with Crippen LogP contribution in [0.5, 0.6) is 0 Å². The second-order valence-corrected chi connectivity index (χ2v) is 6.20. The van der Waals surface area contributed by atoms with Gasteiger partial charge in [0.15, 0.2) is 0 Å². The molecule has 12 heavy (non-hydrogen) atoms. The minimum absolute atomic E-state index is 0.162. The van der Waals surface area contributed by atoms with E-state index in [2.05, 4.69) is 0 Å². The zero-order valence-corrected chi connectivity index (χ0v) is 9.60.